The predicted octanol–water partition coefficient (Wildman–Crippen LogP) is 3.85. The molecule has 0 spiro atoms. The van der Waals surface area contributed by atoms with E-state index < -0.39 is 0 Å². The molecule has 0 unspecified atom stereocenters. The fourth-order valence-electron chi connectivity index (χ4n) is 3.80. The molecular weight excluding hydrogens is 374 g/mol. The highest BCUT2D eigenvalue weighted by molar-refractivity contribution is 6.91. The number of aryl methyl sites for hydroxylation is 4. The highest BCUT2D eigenvalue weighted by Gasteiger charge is 2.30. The molecule has 0 fully saturated rings. The maximum absolute atomic E-state index is 6.95. The van der Waals surface area contributed by atoms with Crippen LogP contribution in [0, 0.1) is 27.7 Å². The summed E-state index contributed by atoms with van der Waals surface area (Å²) in [5.41, 5.74) is 9.66. The summed E-state index contributed by atoms with van der Waals surface area (Å²) in [4.78, 5) is 0. The first-order valence-electron chi connectivity index (χ1n) is 10.9. The lowest BCUT2D eigenvalue weighted by Crippen LogP contribution is -2.56. The molecule has 0 saturated carbocycles. The summed E-state index contributed by atoms with van der Waals surface area (Å²) < 4.78 is 6.95. The zero-order valence-electron chi connectivity index (χ0n) is 18.8. The van der Waals surface area contributed by atoms with Crippen molar-refractivity contribution in [1.82, 2.24) is 0 Å². The molecule has 0 aliphatic heterocycles. The van der Waals surface area contributed by atoms with Gasteiger partial charge in [-0.1, -0.05) is 119 Å². The molecule has 0 atom stereocenters. The van der Waals surface area contributed by atoms with Gasteiger partial charge in [-0.2, -0.15) is 0 Å². The molecule has 1 nitrogen and oxygen atoms in total. The van der Waals surface area contributed by atoms with E-state index in [-0.39, 0.29) is 13.8 Å². The molecule has 0 N–H and O–H groups in total. The Kier molecular flexibility index (Phi) is 6.44. The van der Waals surface area contributed by atoms with Crippen LogP contribution in [-0.4, -0.2) is 13.8 Å². The van der Waals surface area contributed by atoms with Crippen LogP contribution in [0.2, 0.25) is 0 Å². The van der Waals surface area contributed by atoms with Crippen LogP contribution in [-0.2, 0) is 4.57 Å². The van der Waals surface area contributed by atoms with Crippen molar-refractivity contribution >= 4 is 35.7 Å². The topological polar surface area (TPSA) is 9.23 Å². The molecule has 0 aliphatic carbocycles. The van der Waals surface area contributed by atoms with Crippen LogP contribution in [0.25, 0.3) is 0 Å². The average Bonchev–Trinajstić information content (AvgIpc) is 2.78. The molecule has 0 aliphatic rings. The van der Waals surface area contributed by atoms with Crippen LogP contribution in [0.1, 0.15) is 22.3 Å². The summed E-state index contributed by atoms with van der Waals surface area (Å²) in [6.07, 6.45) is 0. The first-order valence-corrected chi connectivity index (χ1v) is 10.9. The minimum Gasteiger partial charge on any atom is -0.484 e. The second-order valence-corrected chi connectivity index (χ2v) is 8.54. The van der Waals surface area contributed by atoms with Crippen molar-refractivity contribution in [3.8, 4) is 0 Å². The number of hydrogen-bond acceptors (Lipinski definition) is 1. The van der Waals surface area contributed by atoms with Crippen molar-refractivity contribution in [2.24, 2.45) is 0 Å². The van der Waals surface area contributed by atoms with Crippen molar-refractivity contribution in [3.63, 3.8) is 0 Å². The van der Waals surface area contributed by atoms with E-state index >= 15 is 0 Å². The van der Waals surface area contributed by atoms with Gasteiger partial charge in [0.25, 0.3) is 0 Å². The molecule has 0 radical (unpaired) electrons. The third-order valence-corrected chi connectivity index (χ3v) is 5.79. The monoisotopic (exact) mass is 402 g/mol. The van der Waals surface area contributed by atoms with Crippen LogP contribution in [0.15, 0.2) is 97.1 Å². The maximum atomic E-state index is 6.95. The van der Waals surface area contributed by atoms with Gasteiger partial charge in [0, 0.05) is 0 Å². The Labute approximate surface area is 187 Å². The molecule has 4 aromatic rings. The van der Waals surface area contributed by atoms with Gasteiger partial charge in [-0.05, 0) is 49.5 Å². The molecule has 0 aromatic heterocycles. The SMILES string of the molecule is Cc1ccc(B(OB(c2ccc(C)cc2)c2ccc(C)cc2)c2ccc(C)cc2)cc1. The summed E-state index contributed by atoms with van der Waals surface area (Å²) in [6.45, 7) is 8.15. The van der Waals surface area contributed by atoms with Crippen molar-refractivity contribution in [1.29, 1.82) is 0 Å². The third kappa shape index (κ3) is 5.18. The summed E-state index contributed by atoms with van der Waals surface area (Å²) in [5.74, 6) is 0. The van der Waals surface area contributed by atoms with Crippen molar-refractivity contribution in [3.05, 3.63) is 119 Å². The molecule has 0 saturated heterocycles. The Morgan fingerprint density at radius 2 is 0.548 bits per heavy atom. The lowest BCUT2D eigenvalue weighted by molar-refractivity contribution is 0.633. The zero-order chi connectivity index (χ0) is 21.8. The summed E-state index contributed by atoms with van der Waals surface area (Å²) in [6, 6.07) is 34.7. The normalized spacial score (nSPS) is 10.7. The van der Waals surface area contributed by atoms with E-state index in [1.54, 1.807) is 0 Å². The van der Waals surface area contributed by atoms with Crippen molar-refractivity contribution < 1.29 is 4.57 Å². The van der Waals surface area contributed by atoms with E-state index in [2.05, 4.69) is 125 Å². The molecule has 152 valence electrons. The standard InChI is InChI=1S/C28H28B2O/c1-21-5-13-25(14-6-21)29(26-15-7-22(2)8-16-26)31-30(27-17-9-23(3)10-18-27)28-19-11-24(4)12-20-28/h5-20H,1-4H3. The van der Waals surface area contributed by atoms with Gasteiger partial charge in [0.1, 0.15) is 0 Å². The smallest absolute Gasteiger partial charge is 0.346 e. The second kappa shape index (κ2) is 9.41. The average molecular weight is 402 g/mol. The van der Waals surface area contributed by atoms with Crippen molar-refractivity contribution in [2.75, 3.05) is 0 Å². The van der Waals surface area contributed by atoms with Gasteiger partial charge < -0.3 is 4.57 Å². The molecule has 31 heavy (non-hydrogen) atoms. The van der Waals surface area contributed by atoms with E-state index in [1.165, 1.54) is 44.1 Å². The Morgan fingerprint density at radius 3 is 0.742 bits per heavy atom. The number of benzene rings is 4. The Morgan fingerprint density at radius 1 is 0.355 bits per heavy atom. The molecule has 3 heteroatoms. The maximum Gasteiger partial charge on any atom is 0.346 e. The van der Waals surface area contributed by atoms with Gasteiger partial charge >= 0.3 is 13.8 Å². The van der Waals surface area contributed by atoms with E-state index in [0.717, 1.165) is 0 Å². The molecular formula is C28H28B2O. The van der Waals surface area contributed by atoms with E-state index in [0.29, 0.717) is 0 Å². The summed E-state index contributed by atoms with van der Waals surface area (Å²) in [5, 5.41) is 0. The quantitative estimate of drug-likeness (QED) is 0.446. The van der Waals surface area contributed by atoms with Crippen LogP contribution in [0.4, 0.5) is 0 Å². The first-order chi connectivity index (χ1) is 15.0. The lowest BCUT2D eigenvalue weighted by Gasteiger charge is -2.23. The van der Waals surface area contributed by atoms with Gasteiger partial charge in [-0.3, -0.25) is 0 Å². The zero-order valence-corrected chi connectivity index (χ0v) is 18.8. The molecule has 4 aromatic carbocycles. The van der Waals surface area contributed by atoms with Crippen LogP contribution >= 0.6 is 0 Å². The van der Waals surface area contributed by atoms with E-state index in [1.807, 2.05) is 0 Å². The third-order valence-electron chi connectivity index (χ3n) is 5.79. The fraction of sp³-hybridized carbons (Fsp3) is 0.143. The van der Waals surface area contributed by atoms with Gasteiger partial charge in [-0.25, -0.2) is 0 Å². The highest BCUT2D eigenvalue weighted by atomic mass is 16.4. The molecule has 4 rings (SSSR count). The highest BCUT2D eigenvalue weighted by Crippen LogP contribution is 2.05. The Bertz CT molecular complexity index is 932. The minimum absolute atomic E-state index is 0.159. The summed E-state index contributed by atoms with van der Waals surface area (Å²) in [7, 11) is 0. The molecule has 0 bridgehead atoms. The van der Waals surface area contributed by atoms with E-state index in [4.69, 9.17) is 4.57 Å². The van der Waals surface area contributed by atoms with Gasteiger partial charge in [0.2, 0.25) is 0 Å². The minimum atomic E-state index is -0.159. The fourth-order valence-corrected chi connectivity index (χ4v) is 3.80. The Hall–Kier alpha value is -3.03. The number of rotatable bonds is 6. The second-order valence-electron chi connectivity index (χ2n) is 8.54. The predicted molar refractivity (Wildman–Crippen MR) is 136 cm³/mol. The molecule has 0 heterocycles. The van der Waals surface area contributed by atoms with Crippen molar-refractivity contribution in [2.45, 2.75) is 27.7 Å². The van der Waals surface area contributed by atoms with Crippen LogP contribution < -0.4 is 21.9 Å². The van der Waals surface area contributed by atoms with Gasteiger partial charge in [0.15, 0.2) is 0 Å². The summed E-state index contributed by atoms with van der Waals surface area (Å²) >= 11 is 0. The largest absolute Gasteiger partial charge is 0.484 e. The number of hydrogen-bond donors (Lipinski definition) is 0. The van der Waals surface area contributed by atoms with Gasteiger partial charge in [-0.15, -0.1) is 0 Å². The Balaban J connectivity index is 1.79. The lowest BCUT2D eigenvalue weighted by atomic mass is 9.47. The molecule has 0 amide bonds. The van der Waals surface area contributed by atoms with Gasteiger partial charge in [0.05, 0.1) is 0 Å². The first kappa shape index (κ1) is 21.2. The van der Waals surface area contributed by atoms with Crippen LogP contribution in [0.5, 0.6) is 0 Å². The van der Waals surface area contributed by atoms with E-state index in [9.17, 15) is 0 Å². The van der Waals surface area contributed by atoms with Crippen LogP contribution in [0.3, 0.4) is 0 Å².